The first-order valence-electron chi connectivity index (χ1n) is 9.11. The fourth-order valence-corrected chi connectivity index (χ4v) is 5.34. The molecule has 0 bridgehead atoms. The smallest absolute Gasteiger partial charge is 0.257 e. The van der Waals surface area contributed by atoms with Gasteiger partial charge in [-0.2, -0.15) is 5.26 Å². The zero-order chi connectivity index (χ0) is 20.5. The standard InChI is InChI=1S/C21H22IN3OS2/c1-21(2,3)13-6-9-15-16(11-23)19(28-17(15)10-13)25-20(27)24-18(26)12-4-7-14(22)8-5-12/h4-5,7-8,13H,6,9-10H2,1-3H3,(H2,24,25,26,27)/t13-/m1/s1. The zero-order valence-electron chi connectivity index (χ0n) is 16.1. The van der Waals surface area contributed by atoms with E-state index in [0.29, 0.717) is 17.0 Å². The number of rotatable bonds is 2. The van der Waals surface area contributed by atoms with Gasteiger partial charge in [0.15, 0.2) is 5.11 Å². The summed E-state index contributed by atoms with van der Waals surface area (Å²) in [5.41, 5.74) is 2.60. The van der Waals surface area contributed by atoms with Gasteiger partial charge in [-0.1, -0.05) is 20.8 Å². The molecule has 1 aromatic carbocycles. The van der Waals surface area contributed by atoms with E-state index in [0.717, 1.165) is 33.4 Å². The predicted molar refractivity (Wildman–Crippen MR) is 127 cm³/mol. The van der Waals surface area contributed by atoms with Crippen LogP contribution in [0.5, 0.6) is 0 Å². The van der Waals surface area contributed by atoms with Crippen LogP contribution in [0.25, 0.3) is 0 Å². The van der Waals surface area contributed by atoms with Crippen LogP contribution in [-0.4, -0.2) is 11.0 Å². The fourth-order valence-electron chi connectivity index (χ4n) is 3.44. The molecule has 28 heavy (non-hydrogen) atoms. The summed E-state index contributed by atoms with van der Waals surface area (Å²) < 4.78 is 1.06. The van der Waals surface area contributed by atoms with E-state index in [9.17, 15) is 10.1 Å². The Balaban J connectivity index is 1.73. The van der Waals surface area contributed by atoms with Crippen LogP contribution >= 0.6 is 46.1 Å². The predicted octanol–water partition coefficient (Wildman–Crippen LogP) is 5.50. The van der Waals surface area contributed by atoms with Crippen LogP contribution in [0.3, 0.4) is 0 Å². The van der Waals surface area contributed by atoms with Gasteiger partial charge in [-0.15, -0.1) is 11.3 Å². The number of hydrogen-bond donors (Lipinski definition) is 2. The summed E-state index contributed by atoms with van der Waals surface area (Å²) in [6.45, 7) is 6.82. The van der Waals surface area contributed by atoms with Crippen LogP contribution in [0.1, 0.15) is 53.6 Å². The van der Waals surface area contributed by atoms with E-state index >= 15 is 0 Å². The molecule has 1 amide bonds. The number of fused-ring (bicyclic) bond motifs is 1. The molecule has 0 saturated carbocycles. The molecule has 0 aliphatic heterocycles. The van der Waals surface area contributed by atoms with Crippen LogP contribution in [-0.2, 0) is 12.8 Å². The SMILES string of the molecule is CC(C)(C)[C@@H]1CCc2c(sc(NC(=S)NC(=O)c3ccc(I)cc3)c2C#N)C1. The molecule has 1 aromatic heterocycles. The van der Waals surface area contributed by atoms with Crippen molar-refractivity contribution in [1.82, 2.24) is 5.32 Å². The Morgan fingerprint density at radius 2 is 2.00 bits per heavy atom. The average Bonchev–Trinajstić information content (AvgIpc) is 2.97. The van der Waals surface area contributed by atoms with Crippen molar-refractivity contribution >= 4 is 62.2 Å². The molecule has 0 saturated heterocycles. The minimum Gasteiger partial charge on any atom is -0.323 e. The molecule has 1 heterocycles. The molecule has 1 aliphatic rings. The Bertz CT molecular complexity index is 952. The lowest BCUT2D eigenvalue weighted by Gasteiger charge is -2.33. The second kappa shape index (κ2) is 8.47. The molecule has 146 valence electrons. The van der Waals surface area contributed by atoms with Gasteiger partial charge in [0.2, 0.25) is 0 Å². The van der Waals surface area contributed by atoms with Crippen LogP contribution in [0, 0.1) is 26.2 Å². The second-order valence-electron chi connectivity index (χ2n) is 8.04. The maximum Gasteiger partial charge on any atom is 0.257 e. The molecule has 0 fully saturated rings. The molecule has 0 spiro atoms. The van der Waals surface area contributed by atoms with E-state index < -0.39 is 0 Å². The van der Waals surface area contributed by atoms with Crippen molar-refractivity contribution in [1.29, 1.82) is 5.26 Å². The fraction of sp³-hybridized carbons (Fsp3) is 0.381. The van der Waals surface area contributed by atoms with Gasteiger partial charge in [0.1, 0.15) is 11.1 Å². The van der Waals surface area contributed by atoms with Crippen LogP contribution in [0.15, 0.2) is 24.3 Å². The van der Waals surface area contributed by atoms with Gasteiger partial charge in [-0.25, -0.2) is 0 Å². The van der Waals surface area contributed by atoms with E-state index in [4.69, 9.17) is 12.2 Å². The first-order valence-corrected chi connectivity index (χ1v) is 11.4. The van der Waals surface area contributed by atoms with Crippen molar-refractivity contribution in [3.63, 3.8) is 0 Å². The molecule has 0 radical (unpaired) electrons. The summed E-state index contributed by atoms with van der Waals surface area (Å²) in [7, 11) is 0. The minimum atomic E-state index is -0.262. The Morgan fingerprint density at radius 3 is 2.61 bits per heavy atom. The first kappa shape index (κ1) is 21.2. The Kier molecular flexibility index (Phi) is 6.42. The third-order valence-electron chi connectivity index (χ3n) is 5.16. The topological polar surface area (TPSA) is 64.9 Å². The summed E-state index contributed by atoms with van der Waals surface area (Å²) in [6.07, 6.45) is 3.00. The molecular formula is C21H22IN3OS2. The van der Waals surface area contributed by atoms with Crippen molar-refractivity contribution < 1.29 is 4.79 Å². The highest BCUT2D eigenvalue weighted by molar-refractivity contribution is 14.1. The summed E-state index contributed by atoms with van der Waals surface area (Å²) in [4.78, 5) is 13.6. The number of thiocarbonyl (C=S) groups is 1. The molecule has 0 unspecified atom stereocenters. The Hall–Kier alpha value is -1.50. The number of halogens is 1. The van der Waals surface area contributed by atoms with Gasteiger partial charge in [0, 0.05) is 14.0 Å². The van der Waals surface area contributed by atoms with E-state index in [1.807, 2.05) is 12.1 Å². The first-order chi connectivity index (χ1) is 13.2. The monoisotopic (exact) mass is 523 g/mol. The zero-order valence-corrected chi connectivity index (χ0v) is 19.8. The number of benzene rings is 1. The lowest BCUT2D eigenvalue weighted by Crippen LogP contribution is -2.34. The lowest BCUT2D eigenvalue weighted by molar-refractivity contribution is 0.0977. The molecule has 1 atom stereocenters. The van der Waals surface area contributed by atoms with Gasteiger partial charge in [0.25, 0.3) is 5.91 Å². The van der Waals surface area contributed by atoms with Crippen molar-refractivity contribution in [3.8, 4) is 6.07 Å². The molecule has 3 rings (SSSR count). The molecular weight excluding hydrogens is 501 g/mol. The van der Waals surface area contributed by atoms with E-state index in [-0.39, 0.29) is 16.4 Å². The number of carbonyl (C=O) groups excluding carboxylic acids is 1. The quantitative estimate of drug-likeness (QED) is 0.403. The highest BCUT2D eigenvalue weighted by Gasteiger charge is 2.32. The summed E-state index contributed by atoms with van der Waals surface area (Å²) in [6, 6.07) is 9.60. The largest absolute Gasteiger partial charge is 0.323 e. The summed E-state index contributed by atoms with van der Waals surface area (Å²) >= 11 is 9.10. The molecule has 2 N–H and O–H groups in total. The van der Waals surface area contributed by atoms with Crippen LogP contribution in [0.4, 0.5) is 5.00 Å². The van der Waals surface area contributed by atoms with Crippen LogP contribution < -0.4 is 10.6 Å². The second-order valence-corrected chi connectivity index (χ2v) is 10.8. The number of anilines is 1. The van der Waals surface area contributed by atoms with E-state index in [1.165, 1.54) is 4.88 Å². The summed E-state index contributed by atoms with van der Waals surface area (Å²) in [5.74, 6) is 0.340. The maximum absolute atomic E-state index is 12.4. The molecule has 7 heteroatoms. The van der Waals surface area contributed by atoms with Crippen molar-refractivity contribution in [2.75, 3.05) is 5.32 Å². The van der Waals surface area contributed by atoms with Crippen LogP contribution in [0.2, 0.25) is 0 Å². The van der Waals surface area contributed by atoms with Gasteiger partial charge in [-0.05, 0) is 95.2 Å². The van der Waals surface area contributed by atoms with E-state index in [1.54, 1.807) is 23.5 Å². The van der Waals surface area contributed by atoms with Gasteiger partial charge in [-0.3, -0.25) is 10.1 Å². The highest BCUT2D eigenvalue weighted by Crippen LogP contribution is 2.43. The van der Waals surface area contributed by atoms with Gasteiger partial charge < -0.3 is 5.32 Å². The maximum atomic E-state index is 12.4. The number of hydrogen-bond acceptors (Lipinski definition) is 4. The van der Waals surface area contributed by atoms with Crippen molar-refractivity contribution in [3.05, 3.63) is 49.4 Å². The summed E-state index contributed by atoms with van der Waals surface area (Å²) in [5, 5.41) is 16.4. The molecule has 2 aromatic rings. The van der Waals surface area contributed by atoms with Gasteiger partial charge in [0.05, 0.1) is 5.56 Å². The number of nitrogens with one attached hydrogen (secondary N) is 2. The number of thiophene rings is 1. The number of nitriles is 1. The lowest BCUT2D eigenvalue weighted by atomic mass is 9.72. The Morgan fingerprint density at radius 1 is 1.32 bits per heavy atom. The van der Waals surface area contributed by atoms with Crippen molar-refractivity contribution in [2.24, 2.45) is 11.3 Å². The number of amides is 1. The number of nitrogens with zero attached hydrogens (tertiary/aromatic N) is 1. The Labute approximate surface area is 188 Å². The van der Waals surface area contributed by atoms with Crippen molar-refractivity contribution in [2.45, 2.75) is 40.0 Å². The highest BCUT2D eigenvalue weighted by atomic mass is 127. The molecule has 4 nitrogen and oxygen atoms in total. The number of carbonyl (C=O) groups is 1. The average molecular weight is 523 g/mol. The van der Waals surface area contributed by atoms with Gasteiger partial charge >= 0.3 is 0 Å². The third kappa shape index (κ3) is 4.73. The normalized spacial score (nSPS) is 16.0. The van der Waals surface area contributed by atoms with E-state index in [2.05, 4.69) is 60.1 Å². The third-order valence-corrected chi connectivity index (χ3v) is 7.26. The minimum absolute atomic E-state index is 0.214. The molecule has 1 aliphatic carbocycles.